The first-order valence-electron chi connectivity index (χ1n) is 6.11. The molecule has 20 heavy (non-hydrogen) atoms. The van der Waals surface area contributed by atoms with Crippen LogP contribution < -0.4 is 0 Å². The molecule has 1 heterocycles. The molecule has 0 atom stereocenters. The standard InChI is InChI=1S/C14H13ClF2N2O/c1-8(2)19-14(10(15)7-18-19)13(20)6-9-11(16)4-3-5-12(9)17/h3-5,7-8H,6H2,1-2H3. The Bertz CT molecular complexity index is 632. The van der Waals surface area contributed by atoms with Crippen LogP contribution in [-0.2, 0) is 6.42 Å². The first kappa shape index (κ1) is 14.7. The van der Waals surface area contributed by atoms with Crippen LogP contribution in [0.1, 0.15) is 35.9 Å². The third-order valence-electron chi connectivity index (χ3n) is 2.90. The van der Waals surface area contributed by atoms with Crippen molar-refractivity contribution in [1.29, 1.82) is 0 Å². The third-order valence-corrected chi connectivity index (χ3v) is 3.18. The summed E-state index contributed by atoms with van der Waals surface area (Å²) in [4.78, 5) is 12.2. The van der Waals surface area contributed by atoms with E-state index in [0.29, 0.717) is 0 Å². The highest BCUT2D eigenvalue weighted by atomic mass is 35.5. The zero-order valence-corrected chi connectivity index (χ0v) is 11.8. The summed E-state index contributed by atoms with van der Waals surface area (Å²) in [5.74, 6) is -1.96. The van der Waals surface area contributed by atoms with Crippen molar-refractivity contribution >= 4 is 17.4 Å². The lowest BCUT2D eigenvalue weighted by molar-refractivity contribution is 0.0978. The van der Waals surface area contributed by atoms with Gasteiger partial charge in [-0.3, -0.25) is 9.48 Å². The van der Waals surface area contributed by atoms with E-state index in [2.05, 4.69) is 5.10 Å². The average molecular weight is 299 g/mol. The molecule has 106 valence electrons. The van der Waals surface area contributed by atoms with Gasteiger partial charge < -0.3 is 0 Å². The second kappa shape index (κ2) is 5.71. The van der Waals surface area contributed by atoms with Gasteiger partial charge in [0.25, 0.3) is 0 Å². The SMILES string of the molecule is CC(C)n1ncc(Cl)c1C(=O)Cc1c(F)cccc1F. The fourth-order valence-corrected chi connectivity index (χ4v) is 2.17. The Morgan fingerprint density at radius 1 is 1.35 bits per heavy atom. The number of hydrogen-bond acceptors (Lipinski definition) is 2. The van der Waals surface area contributed by atoms with Crippen LogP contribution in [0.25, 0.3) is 0 Å². The van der Waals surface area contributed by atoms with Gasteiger partial charge in [-0.2, -0.15) is 5.10 Å². The number of aromatic nitrogens is 2. The maximum atomic E-state index is 13.6. The molecule has 6 heteroatoms. The highest BCUT2D eigenvalue weighted by Crippen LogP contribution is 2.22. The first-order valence-corrected chi connectivity index (χ1v) is 6.48. The van der Waals surface area contributed by atoms with Gasteiger partial charge in [0.05, 0.1) is 11.2 Å². The van der Waals surface area contributed by atoms with Crippen molar-refractivity contribution in [3.63, 3.8) is 0 Å². The molecule has 2 aromatic rings. The maximum absolute atomic E-state index is 13.6. The fraction of sp³-hybridized carbons (Fsp3) is 0.286. The summed E-state index contributed by atoms with van der Waals surface area (Å²) in [7, 11) is 0. The van der Waals surface area contributed by atoms with Gasteiger partial charge in [-0.15, -0.1) is 0 Å². The van der Waals surface area contributed by atoms with Crippen LogP contribution in [-0.4, -0.2) is 15.6 Å². The Balaban J connectivity index is 2.36. The van der Waals surface area contributed by atoms with Crippen LogP contribution in [0.5, 0.6) is 0 Å². The minimum absolute atomic E-state index is 0.0769. The number of carbonyl (C=O) groups excluding carboxylic acids is 1. The van der Waals surface area contributed by atoms with Crippen molar-refractivity contribution < 1.29 is 13.6 Å². The summed E-state index contributed by atoms with van der Waals surface area (Å²) in [5, 5.41) is 4.18. The molecule has 0 bridgehead atoms. The van der Waals surface area contributed by atoms with E-state index in [1.807, 2.05) is 13.8 Å². The summed E-state index contributed by atoms with van der Waals surface area (Å²) < 4.78 is 28.6. The number of benzene rings is 1. The zero-order chi connectivity index (χ0) is 14.9. The summed E-state index contributed by atoms with van der Waals surface area (Å²) >= 11 is 5.94. The van der Waals surface area contributed by atoms with E-state index in [-0.39, 0.29) is 22.3 Å². The molecule has 0 aliphatic carbocycles. The Hall–Kier alpha value is -1.75. The van der Waals surface area contributed by atoms with Crippen LogP contribution >= 0.6 is 11.6 Å². The summed E-state index contributed by atoms with van der Waals surface area (Å²) in [6, 6.07) is 3.41. The van der Waals surface area contributed by atoms with Crippen molar-refractivity contribution in [2.75, 3.05) is 0 Å². The zero-order valence-electron chi connectivity index (χ0n) is 11.0. The quantitative estimate of drug-likeness (QED) is 0.804. The molecule has 3 nitrogen and oxygen atoms in total. The molecule has 0 spiro atoms. The van der Waals surface area contributed by atoms with E-state index in [1.54, 1.807) is 0 Å². The first-order chi connectivity index (χ1) is 9.41. The van der Waals surface area contributed by atoms with Crippen molar-refractivity contribution in [2.45, 2.75) is 26.3 Å². The van der Waals surface area contributed by atoms with Crippen LogP contribution in [0.3, 0.4) is 0 Å². The highest BCUT2D eigenvalue weighted by Gasteiger charge is 2.22. The molecule has 0 N–H and O–H groups in total. The average Bonchev–Trinajstić information content (AvgIpc) is 2.76. The molecule has 0 aliphatic heterocycles. The van der Waals surface area contributed by atoms with E-state index in [4.69, 9.17) is 11.6 Å². The van der Waals surface area contributed by atoms with Gasteiger partial charge in [0, 0.05) is 18.0 Å². The molecule has 1 aromatic heterocycles. The van der Waals surface area contributed by atoms with Gasteiger partial charge in [0.15, 0.2) is 5.78 Å². The Kier molecular flexibility index (Phi) is 4.18. The fourth-order valence-electron chi connectivity index (χ4n) is 1.94. The molecular weight excluding hydrogens is 286 g/mol. The minimum Gasteiger partial charge on any atom is -0.292 e. The summed E-state index contributed by atoms with van der Waals surface area (Å²) in [5.41, 5.74) is -0.0885. The van der Waals surface area contributed by atoms with Crippen molar-refractivity contribution in [1.82, 2.24) is 9.78 Å². The largest absolute Gasteiger partial charge is 0.292 e. The van der Waals surface area contributed by atoms with Crippen molar-refractivity contribution in [2.24, 2.45) is 0 Å². The molecule has 0 saturated heterocycles. The molecule has 0 fully saturated rings. The lowest BCUT2D eigenvalue weighted by atomic mass is 10.1. The highest BCUT2D eigenvalue weighted by molar-refractivity contribution is 6.33. The van der Waals surface area contributed by atoms with Crippen molar-refractivity contribution in [3.8, 4) is 0 Å². The Labute approximate surface area is 120 Å². The van der Waals surface area contributed by atoms with Gasteiger partial charge in [-0.1, -0.05) is 17.7 Å². The van der Waals surface area contributed by atoms with E-state index < -0.39 is 23.8 Å². The number of carbonyl (C=O) groups is 1. The van der Waals surface area contributed by atoms with Crippen LogP contribution in [0, 0.1) is 11.6 Å². The normalized spacial score (nSPS) is 11.1. The molecule has 0 radical (unpaired) electrons. The predicted molar refractivity (Wildman–Crippen MR) is 72.0 cm³/mol. The van der Waals surface area contributed by atoms with Gasteiger partial charge in [0.2, 0.25) is 0 Å². The topological polar surface area (TPSA) is 34.9 Å². The Morgan fingerprint density at radius 2 is 1.95 bits per heavy atom. The van der Waals surface area contributed by atoms with Crippen molar-refractivity contribution in [3.05, 3.63) is 52.3 Å². The number of rotatable bonds is 4. The second-order valence-corrected chi connectivity index (χ2v) is 5.09. The van der Waals surface area contributed by atoms with Gasteiger partial charge in [-0.25, -0.2) is 8.78 Å². The molecule has 0 amide bonds. The van der Waals surface area contributed by atoms with E-state index >= 15 is 0 Å². The monoisotopic (exact) mass is 298 g/mol. The number of ketones is 1. The molecule has 0 aliphatic rings. The molecular formula is C14H13ClF2N2O. The molecule has 2 rings (SSSR count). The Morgan fingerprint density at radius 3 is 2.50 bits per heavy atom. The molecule has 0 saturated carbocycles. The minimum atomic E-state index is -0.745. The van der Waals surface area contributed by atoms with E-state index in [1.165, 1.54) is 16.9 Å². The third kappa shape index (κ3) is 2.72. The number of halogens is 3. The lowest BCUT2D eigenvalue weighted by Gasteiger charge is -2.11. The van der Waals surface area contributed by atoms with E-state index in [9.17, 15) is 13.6 Å². The second-order valence-electron chi connectivity index (χ2n) is 4.68. The summed E-state index contributed by atoms with van der Waals surface area (Å²) in [6.07, 6.45) is 0.961. The lowest BCUT2D eigenvalue weighted by Crippen LogP contribution is -2.16. The predicted octanol–water partition coefficient (Wildman–Crippen LogP) is 3.82. The van der Waals surface area contributed by atoms with Gasteiger partial charge >= 0.3 is 0 Å². The van der Waals surface area contributed by atoms with E-state index in [0.717, 1.165) is 12.1 Å². The molecule has 0 unspecified atom stereocenters. The molecule has 1 aromatic carbocycles. The summed E-state index contributed by atoms with van der Waals surface area (Å²) in [6.45, 7) is 3.67. The van der Waals surface area contributed by atoms with Crippen LogP contribution in [0.15, 0.2) is 24.4 Å². The van der Waals surface area contributed by atoms with Gasteiger partial charge in [0.1, 0.15) is 17.3 Å². The number of nitrogens with zero attached hydrogens (tertiary/aromatic N) is 2. The van der Waals surface area contributed by atoms with Crippen LogP contribution in [0.4, 0.5) is 8.78 Å². The smallest absolute Gasteiger partial charge is 0.186 e. The number of hydrogen-bond donors (Lipinski definition) is 0. The number of Topliss-reactive ketones (excluding diaryl/α,β-unsaturated/α-hetero) is 1. The maximum Gasteiger partial charge on any atom is 0.186 e. The van der Waals surface area contributed by atoms with Crippen LogP contribution in [0.2, 0.25) is 5.02 Å². The van der Waals surface area contributed by atoms with Gasteiger partial charge in [-0.05, 0) is 26.0 Å².